The van der Waals surface area contributed by atoms with Crippen LogP contribution >= 0.6 is 0 Å². The molecule has 0 aromatic heterocycles. The number of hydrogen-bond donors (Lipinski definition) is 2. The van der Waals surface area contributed by atoms with Crippen LogP contribution in [0.25, 0.3) is 0 Å². The zero-order chi connectivity index (χ0) is 19.1. The van der Waals surface area contributed by atoms with E-state index < -0.39 is 0 Å². The average molecular weight is 367 g/mol. The molecule has 0 radical (unpaired) electrons. The Morgan fingerprint density at radius 2 is 1.74 bits per heavy atom. The number of rotatable bonds is 6. The van der Waals surface area contributed by atoms with E-state index in [1.807, 2.05) is 25.1 Å². The van der Waals surface area contributed by atoms with E-state index in [-0.39, 0.29) is 12.1 Å². The van der Waals surface area contributed by atoms with Crippen LogP contribution in [0.15, 0.2) is 48.5 Å². The zero-order valence-corrected chi connectivity index (χ0v) is 16.2. The Bertz CT molecular complexity index is 757. The summed E-state index contributed by atoms with van der Waals surface area (Å²) in [4.78, 5) is 14.8. The van der Waals surface area contributed by atoms with Gasteiger partial charge < -0.3 is 15.4 Å². The molecule has 1 fully saturated rings. The Morgan fingerprint density at radius 1 is 1.07 bits per heavy atom. The summed E-state index contributed by atoms with van der Waals surface area (Å²) in [6.07, 6.45) is 0. The van der Waals surface area contributed by atoms with Crippen molar-refractivity contribution in [1.82, 2.24) is 15.5 Å². The van der Waals surface area contributed by atoms with Crippen molar-refractivity contribution in [2.24, 2.45) is 0 Å². The quantitative estimate of drug-likeness (QED) is 0.823. The first-order valence-electron chi connectivity index (χ1n) is 9.60. The van der Waals surface area contributed by atoms with Crippen molar-refractivity contribution < 1.29 is 9.53 Å². The minimum Gasteiger partial charge on any atom is -0.379 e. The van der Waals surface area contributed by atoms with Gasteiger partial charge in [0, 0.05) is 26.2 Å². The number of ether oxygens (including phenoxy) is 1. The maximum Gasteiger partial charge on any atom is 0.315 e. The predicted octanol–water partition coefficient (Wildman–Crippen LogP) is 3.39. The van der Waals surface area contributed by atoms with Crippen molar-refractivity contribution in [1.29, 1.82) is 0 Å². The molecule has 5 heteroatoms. The maximum atomic E-state index is 12.4. The lowest BCUT2D eigenvalue weighted by Gasteiger charge is -2.27. The number of nitrogens with zero attached hydrogens (tertiary/aromatic N) is 1. The van der Waals surface area contributed by atoms with Crippen molar-refractivity contribution in [3.8, 4) is 0 Å². The molecule has 144 valence electrons. The van der Waals surface area contributed by atoms with Gasteiger partial charge in [-0.3, -0.25) is 4.90 Å². The molecule has 0 aliphatic carbocycles. The van der Waals surface area contributed by atoms with Gasteiger partial charge in [-0.25, -0.2) is 4.79 Å². The van der Waals surface area contributed by atoms with Crippen LogP contribution in [-0.2, 0) is 17.8 Å². The van der Waals surface area contributed by atoms with Gasteiger partial charge in [0.2, 0.25) is 0 Å². The first-order chi connectivity index (χ1) is 13.1. The average Bonchev–Trinajstić information content (AvgIpc) is 2.68. The molecule has 1 saturated heterocycles. The molecule has 2 aromatic carbocycles. The number of morpholine rings is 1. The molecule has 0 bridgehead atoms. The van der Waals surface area contributed by atoms with Gasteiger partial charge in [0.1, 0.15) is 0 Å². The molecule has 2 N–H and O–H groups in total. The monoisotopic (exact) mass is 367 g/mol. The Hall–Kier alpha value is -2.37. The van der Waals surface area contributed by atoms with Crippen molar-refractivity contribution in [2.45, 2.75) is 33.0 Å². The molecule has 27 heavy (non-hydrogen) atoms. The number of hydrogen-bond acceptors (Lipinski definition) is 3. The molecule has 3 rings (SSSR count). The van der Waals surface area contributed by atoms with Crippen LogP contribution in [0.3, 0.4) is 0 Å². The third-order valence-corrected chi connectivity index (χ3v) is 5.06. The molecular weight excluding hydrogens is 338 g/mol. The van der Waals surface area contributed by atoms with Gasteiger partial charge in [-0.15, -0.1) is 0 Å². The van der Waals surface area contributed by atoms with E-state index in [0.29, 0.717) is 6.54 Å². The maximum absolute atomic E-state index is 12.4. The van der Waals surface area contributed by atoms with Crippen molar-refractivity contribution >= 4 is 6.03 Å². The summed E-state index contributed by atoms with van der Waals surface area (Å²) in [6.45, 7) is 8.97. The third kappa shape index (κ3) is 5.55. The van der Waals surface area contributed by atoms with E-state index >= 15 is 0 Å². The first kappa shape index (κ1) is 19.4. The molecule has 0 saturated carbocycles. The highest BCUT2D eigenvalue weighted by atomic mass is 16.5. The summed E-state index contributed by atoms with van der Waals surface area (Å²) in [5.74, 6) is 0. The second kappa shape index (κ2) is 9.53. The predicted molar refractivity (Wildman–Crippen MR) is 108 cm³/mol. The largest absolute Gasteiger partial charge is 0.379 e. The molecule has 1 aliphatic heterocycles. The molecule has 2 aromatic rings. The van der Waals surface area contributed by atoms with Crippen LogP contribution in [0.5, 0.6) is 0 Å². The molecular formula is C22H29N3O2. The van der Waals surface area contributed by atoms with Gasteiger partial charge >= 0.3 is 6.03 Å². The van der Waals surface area contributed by atoms with Crippen molar-refractivity contribution in [3.63, 3.8) is 0 Å². The smallest absolute Gasteiger partial charge is 0.315 e. The van der Waals surface area contributed by atoms with Crippen LogP contribution < -0.4 is 10.6 Å². The summed E-state index contributed by atoms with van der Waals surface area (Å²) in [5, 5.41) is 6.03. The van der Waals surface area contributed by atoms with E-state index in [9.17, 15) is 4.79 Å². The summed E-state index contributed by atoms with van der Waals surface area (Å²) < 4.78 is 5.42. The number of amides is 2. The Morgan fingerprint density at radius 3 is 2.48 bits per heavy atom. The lowest BCUT2D eigenvalue weighted by atomic mass is 10.0. The Balaban J connectivity index is 1.55. The van der Waals surface area contributed by atoms with E-state index in [1.54, 1.807) is 0 Å². The van der Waals surface area contributed by atoms with Crippen LogP contribution in [0.1, 0.15) is 35.2 Å². The van der Waals surface area contributed by atoms with Crippen molar-refractivity contribution in [2.75, 3.05) is 26.3 Å². The minimum atomic E-state index is -0.146. The van der Waals surface area contributed by atoms with Gasteiger partial charge in [-0.2, -0.15) is 0 Å². The number of carbonyl (C=O) groups excluding carboxylic acids is 1. The Labute approximate surface area is 161 Å². The topological polar surface area (TPSA) is 53.6 Å². The van der Waals surface area contributed by atoms with Gasteiger partial charge in [0.15, 0.2) is 0 Å². The minimum absolute atomic E-state index is 0.0326. The Kier molecular flexibility index (Phi) is 6.85. The number of urea groups is 1. The number of carbonyl (C=O) groups is 1. The number of benzene rings is 2. The molecule has 1 unspecified atom stereocenters. The standard InChI is InChI=1S/C22H29N3O2/c1-17-7-3-6-10-21(17)18(2)24-22(26)23-15-19-8-4-5-9-20(19)16-25-11-13-27-14-12-25/h3-10,18H,11-16H2,1-2H3,(H2,23,24,26). The summed E-state index contributed by atoms with van der Waals surface area (Å²) >= 11 is 0. The number of aryl methyl sites for hydroxylation is 1. The highest BCUT2D eigenvalue weighted by molar-refractivity contribution is 5.74. The highest BCUT2D eigenvalue weighted by Gasteiger charge is 2.14. The van der Waals surface area contributed by atoms with Gasteiger partial charge in [0.25, 0.3) is 0 Å². The van der Waals surface area contributed by atoms with Gasteiger partial charge in [0.05, 0.1) is 19.3 Å². The van der Waals surface area contributed by atoms with Crippen molar-refractivity contribution in [3.05, 3.63) is 70.8 Å². The van der Waals surface area contributed by atoms with Gasteiger partial charge in [-0.1, -0.05) is 48.5 Å². The first-order valence-corrected chi connectivity index (χ1v) is 9.60. The SMILES string of the molecule is Cc1ccccc1C(C)NC(=O)NCc1ccccc1CN1CCOCC1. The fourth-order valence-corrected chi connectivity index (χ4v) is 3.46. The molecule has 0 spiro atoms. The van der Waals surface area contributed by atoms with E-state index in [0.717, 1.165) is 44.0 Å². The molecule has 1 atom stereocenters. The van der Waals surface area contributed by atoms with Crippen LogP contribution in [-0.4, -0.2) is 37.2 Å². The normalized spacial score (nSPS) is 15.9. The summed E-state index contributed by atoms with van der Waals surface area (Å²) in [7, 11) is 0. The fourth-order valence-electron chi connectivity index (χ4n) is 3.46. The highest BCUT2D eigenvalue weighted by Crippen LogP contribution is 2.17. The van der Waals surface area contributed by atoms with E-state index in [1.165, 1.54) is 11.1 Å². The van der Waals surface area contributed by atoms with Crippen LogP contribution in [0.2, 0.25) is 0 Å². The third-order valence-electron chi connectivity index (χ3n) is 5.06. The molecule has 1 aliphatic rings. The number of nitrogens with one attached hydrogen (secondary N) is 2. The molecule has 5 nitrogen and oxygen atoms in total. The summed E-state index contributed by atoms with van der Waals surface area (Å²) in [6, 6.07) is 16.2. The second-order valence-electron chi connectivity index (χ2n) is 7.06. The van der Waals surface area contributed by atoms with Crippen LogP contribution in [0.4, 0.5) is 4.79 Å². The lowest BCUT2D eigenvalue weighted by molar-refractivity contribution is 0.0341. The lowest BCUT2D eigenvalue weighted by Crippen LogP contribution is -2.38. The zero-order valence-electron chi connectivity index (χ0n) is 16.2. The van der Waals surface area contributed by atoms with Crippen LogP contribution in [0, 0.1) is 6.92 Å². The van der Waals surface area contributed by atoms with E-state index in [4.69, 9.17) is 4.74 Å². The molecule has 1 heterocycles. The summed E-state index contributed by atoms with van der Waals surface area (Å²) in [5.41, 5.74) is 4.73. The molecule has 2 amide bonds. The van der Waals surface area contributed by atoms with Gasteiger partial charge in [-0.05, 0) is 36.1 Å². The van der Waals surface area contributed by atoms with E-state index in [2.05, 4.69) is 52.8 Å². The second-order valence-corrected chi connectivity index (χ2v) is 7.06. The fraction of sp³-hybridized carbons (Fsp3) is 0.409.